The molecule has 7 nitrogen and oxygen atoms in total. The van der Waals surface area contributed by atoms with Crippen molar-refractivity contribution in [3.8, 4) is 0 Å². The summed E-state index contributed by atoms with van der Waals surface area (Å²) in [4.78, 5) is 46.7. The first kappa shape index (κ1) is 20.6. The molecule has 8 heteroatoms. The van der Waals surface area contributed by atoms with E-state index in [0.717, 1.165) is 16.9 Å². The molecule has 1 aromatic carbocycles. The van der Waals surface area contributed by atoms with Gasteiger partial charge in [-0.25, -0.2) is 0 Å². The summed E-state index contributed by atoms with van der Waals surface area (Å²) in [5, 5.41) is 4.37. The van der Waals surface area contributed by atoms with Crippen molar-refractivity contribution in [2.45, 2.75) is 39.8 Å². The number of carbonyl (C=O) groups excluding carboxylic acids is 3. The van der Waals surface area contributed by atoms with Gasteiger partial charge in [0, 0.05) is 30.1 Å². The Balaban J connectivity index is 1.91. The van der Waals surface area contributed by atoms with Gasteiger partial charge in [-0.15, -0.1) is 0 Å². The molecule has 0 radical (unpaired) electrons. The van der Waals surface area contributed by atoms with Crippen LogP contribution in [0, 0.1) is 6.92 Å². The molecular weight excluding hydrogens is 368 g/mol. The maximum Gasteiger partial charge on any atom is 0.326 e. The molecule has 0 fully saturated rings. The fourth-order valence-electron chi connectivity index (χ4n) is 2.47. The number of hydrogen-bond acceptors (Lipinski definition) is 6. The van der Waals surface area contributed by atoms with E-state index in [9.17, 15) is 19.2 Å². The van der Waals surface area contributed by atoms with Crippen LogP contribution in [0.1, 0.15) is 35.5 Å². The lowest BCUT2D eigenvalue weighted by molar-refractivity contribution is -0.147. The van der Waals surface area contributed by atoms with Gasteiger partial charge in [0.2, 0.25) is 11.7 Å². The van der Waals surface area contributed by atoms with Crippen LogP contribution >= 0.6 is 11.3 Å². The molecule has 0 aliphatic heterocycles. The van der Waals surface area contributed by atoms with Gasteiger partial charge < -0.3 is 10.1 Å². The van der Waals surface area contributed by atoms with E-state index >= 15 is 0 Å². The van der Waals surface area contributed by atoms with Crippen molar-refractivity contribution in [3.63, 3.8) is 0 Å². The number of ether oxygens (including phenoxy) is 1. The van der Waals surface area contributed by atoms with E-state index in [2.05, 4.69) is 5.32 Å². The summed E-state index contributed by atoms with van der Waals surface area (Å²) in [5.74, 6) is -1.03. The van der Waals surface area contributed by atoms with Crippen LogP contribution < -0.4 is 10.2 Å². The number of ketones is 1. The first-order valence-corrected chi connectivity index (χ1v) is 9.38. The molecule has 2 aromatic rings. The SMILES string of the molecule is CC(=O)NCCc1ccc(C(=O)[C@@H](C)OC(=O)Cn2c(C)csc2=O)cc1. The zero-order chi connectivity index (χ0) is 20.0. The van der Waals surface area contributed by atoms with Crippen LogP contribution in [0.15, 0.2) is 34.4 Å². The molecule has 0 aliphatic carbocycles. The maximum atomic E-state index is 12.4. The zero-order valence-corrected chi connectivity index (χ0v) is 16.3. The fourth-order valence-corrected chi connectivity index (χ4v) is 3.20. The largest absolute Gasteiger partial charge is 0.453 e. The van der Waals surface area contributed by atoms with Gasteiger partial charge in [-0.05, 0) is 25.8 Å². The minimum atomic E-state index is -0.947. The summed E-state index contributed by atoms with van der Waals surface area (Å²) >= 11 is 1.01. The molecule has 1 heterocycles. The van der Waals surface area contributed by atoms with Crippen molar-refractivity contribution in [3.05, 3.63) is 56.1 Å². The number of esters is 1. The summed E-state index contributed by atoms with van der Waals surface area (Å²) in [5.41, 5.74) is 2.09. The third-order valence-electron chi connectivity index (χ3n) is 3.97. The molecule has 2 rings (SSSR count). The standard InChI is InChI=1S/C19H22N2O5S/c1-12-11-27-19(25)21(12)10-17(23)26-13(2)18(24)16-6-4-15(5-7-16)8-9-20-14(3)22/h4-7,11,13H,8-10H2,1-3H3,(H,20,22)/t13-/m1/s1. The summed E-state index contributed by atoms with van der Waals surface area (Å²) < 4.78 is 6.49. The number of carbonyl (C=O) groups is 3. The number of nitrogens with one attached hydrogen (secondary N) is 1. The average Bonchev–Trinajstić information content (AvgIpc) is 2.93. The minimum absolute atomic E-state index is 0.0858. The molecule has 1 N–H and O–H groups in total. The molecule has 1 aromatic heterocycles. The Morgan fingerprint density at radius 1 is 1.22 bits per heavy atom. The average molecular weight is 390 g/mol. The van der Waals surface area contributed by atoms with Crippen molar-refractivity contribution < 1.29 is 19.1 Å². The van der Waals surface area contributed by atoms with Crippen LogP contribution in [0.4, 0.5) is 0 Å². The second-order valence-electron chi connectivity index (χ2n) is 6.16. The Morgan fingerprint density at radius 3 is 2.44 bits per heavy atom. The second kappa shape index (κ2) is 9.27. The van der Waals surface area contributed by atoms with Gasteiger partial charge in [-0.1, -0.05) is 35.6 Å². The Bertz CT molecular complexity index is 882. The molecular formula is C19H22N2O5S. The van der Waals surface area contributed by atoms with Gasteiger partial charge in [0.05, 0.1) is 0 Å². The van der Waals surface area contributed by atoms with Crippen LogP contribution in [-0.4, -0.2) is 34.9 Å². The van der Waals surface area contributed by atoms with E-state index in [4.69, 9.17) is 4.74 Å². The van der Waals surface area contributed by atoms with E-state index in [1.54, 1.807) is 36.6 Å². The highest BCUT2D eigenvalue weighted by Gasteiger charge is 2.20. The lowest BCUT2D eigenvalue weighted by atomic mass is 10.0. The number of hydrogen-bond donors (Lipinski definition) is 1. The normalized spacial score (nSPS) is 11.7. The third kappa shape index (κ3) is 5.89. The first-order valence-electron chi connectivity index (χ1n) is 8.50. The van der Waals surface area contributed by atoms with E-state index in [-0.39, 0.29) is 23.1 Å². The van der Waals surface area contributed by atoms with Crippen LogP contribution in [0.3, 0.4) is 0 Å². The van der Waals surface area contributed by atoms with Gasteiger partial charge in [0.1, 0.15) is 6.54 Å². The van der Waals surface area contributed by atoms with E-state index in [1.807, 2.05) is 0 Å². The van der Waals surface area contributed by atoms with Crippen molar-refractivity contribution in [1.29, 1.82) is 0 Å². The Kier molecular flexibility index (Phi) is 7.06. The Labute approximate surface area is 161 Å². The number of rotatable bonds is 8. The number of amides is 1. The van der Waals surface area contributed by atoms with Crippen LogP contribution in [-0.2, 0) is 27.3 Å². The maximum absolute atomic E-state index is 12.4. The lowest BCUT2D eigenvalue weighted by Gasteiger charge is -2.13. The van der Waals surface area contributed by atoms with E-state index in [0.29, 0.717) is 24.2 Å². The minimum Gasteiger partial charge on any atom is -0.453 e. The summed E-state index contributed by atoms with van der Waals surface area (Å²) in [6.07, 6.45) is -0.287. The van der Waals surface area contributed by atoms with Crippen molar-refractivity contribution >= 4 is 29.0 Å². The number of aryl methyl sites for hydroxylation is 1. The number of aromatic nitrogens is 1. The second-order valence-corrected chi connectivity index (χ2v) is 6.98. The number of benzene rings is 1. The Hall–Kier alpha value is -2.74. The van der Waals surface area contributed by atoms with E-state index < -0.39 is 12.1 Å². The number of nitrogens with zero attached hydrogens (tertiary/aromatic N) is 1. The van der Waals surface area contributed by atoms with Gasteiger partial charge in [-0.2, -0.15) is 0 Å². The van der Waals surface area contributed by atoms with Gasteiger partial charge in [-0.3, -0.25) is 23.7 Å². The highest BCUT2D eigenvalue weighted by molar-refractivity contribution is 7.07. The zero-order valence-electron chi connectivity index (χ0n) is 15.5. The molecule has 0 aliphatic rings. The smallest absolute Gasteiger partial charge is 0.326 e. The van der Waals surface area contributed by atoms with Crippen LogP contribution in [0.2, 0.25) is 0 Å². The molecule has 144 valence electrons. The van der Waals surface area contributed by atoms with Crippen LogP contribution in [0.5, 0.6) is 0 Å². The summed E-state index contributed by atoms with van der Waals surface area (Å²) in [6.45, 7) is 5.01. The van der Waals surface area contributed by atoms with Crippen LogP contribution in [0.25, 0.3) is 0 Å². The molecule has 0 saturated heterocycles. The topological polar surface area (TPSA) is 94.5 Å². The third-order valence-corrected chi connectivity index (χ3v) is 4.85. The molecule has 1 amide bonds. The quantitative estimate of drug-likeness (QED) is 0.547. The van der Waals surface area contributed by atoms with Crippen molar-refractivity contribution in [2.24, 2.45) is 0 Å². The molecule has 0 saturated carbocycles. The van der Waals surface area contributed by atoms with Gasteiger partial charge in [0.25, 0.3) is 0 Å². The summed E-state index contributed by atoms with van der Waals surface area (Å²) in [7, 11) is 0. The molecule has 27 heavy (non-hydrogen) atoms. The van der Waals surface area contributed by atoms with Gasteiger partial charge in [0.15, 0.2) is 6.10 Å². The molecule has 0 spiro atoms. The van der Waals surface area contributed by atoms with Gasteiger partial charge >= 0.3 is 10.8 Å². The molecule has 1 atom stereocenters. The molecule has 0 bridgehead atoms. The summed E-state index contributed by atoms with van der Waals surface area (Å²) in [6, 6.07) is 6.95. The number of Topliss-reactive ketones (excluding diaryl/α,β-unsaturated/α-hetero) is 1. The predicted octanol–water partition coefficient (Wildman–Crippen LogP) is 1.71. The first-order chi connectivity index (χ1) is 12.8. The monoisotopic (exact) mass is 390 g/mol. The van der Waals surface area contributed by atoms with Crippen molar-refractivity contribution in [1.82, 2.24) is 9.88 Å². The van der Waals surface area contributed by atoms with Crippen molar-refractivity contribution in [2.75, 3.05) is 6.54 Å². The predicted molar refractivity (Wildman–Crippen MR) is 102 cm³/mol. The molecule has 0 unspecified atom stereocenters. The fraction of sp³-hybridized carbons (Fsp3) is 0.368. The number of thiazole rings is 1. The lowest BCUT2D eigenvalue weighted by Crippen LogP contribution is -2.29. The van der Waals surface area contributed by atoms with E-state index in [1.165, 1.54) is 18.4 Å². The highest BCUT2D eigenvalue weighted by atomic mass is 32.1. The Morgan fingerprint density at radius 2 is 1.89 bits per heavy atom. The highest BCUT2D eigenvalue weighted by Crippen LogP contribution is 2.10.